The van der Waals surface area contributed by atoms with E-state index in [0.717, 1.165) is 16.6 Å². The number of benzene rings is 1. The van der Waals surface area contributed by atoms with E-state index >= 15 is 0 Å². The predicted octanol–water partition coefficient (Wildman–Crippen LogP) is 3.13. The fourth-order valence-electron chi connectivity index (χ4n) is 1.56. The van der Waals surface area contributed by atoms with Gasteiger partial charge >= 0.3 is 0 Å². The van der Waals surface area contributed by atoms with E-state index in [0.29, 0.717) is 11.2 Å². The molecule has 2 aromatic rings. The highest BCUT2D eigenvalue weighted by Gasteiger charge is 2.12. The zero-order valence-corrected chi connectivity index (χ0v) is 10.4. The fraction of sp³-hybridized carbons (Fsp3) is 0.333. The lowest BCUT2D eigenvalue weighted by Crippen LogP contribution is -2.27. The van der Waals surface area contributed by atoms with Gasteiger partial charge in [-0.15, -0.1) is 10.2 Å². The van der Waals surface area contributed by atoms with E-state index in [1.54, 1.807) is 0 Å². The first-order valence-electron chi connectivity index (χ1n) is 5.25. The monoisotopic (exact) mass is 235 g/mol. The van der Waals surface area contributed by atoms with Crippen molar-refractivity contribution in [2.75, 3.05) is 11.9 Å². The van der Waals surface area contributed by atoms with Crippen LogP contribution >= 0.6 is 11.6 Å². The van der Waals surface area contributed by atoms with Crippen LogP contribution in [0.25, 0.3) is 10.8 Å². The molecule has 0 aliphatic rings. The van der Waals surface area contributed by atoms with Crippen molar-refractivity contribution in [1.29, 1.82) is 0 Å². The zero-order chi connectivity index (χ0) is 11.7. The molecule has 2 rings (SSSR count). The summed E-state index contributed by atoms with van der Waals surface area (Å²) >= 11 is 6.02. The third kappa shape index (κ3) is 1.83. The molecule has 0 spiro atoms. The first-order chi connectivity index (χ1) is 7.61. The summed E-state index contributed by atoms with van der Waals surface area (Å²) < 4.78 is 0. The Hall–Kier alpha value is -1.35. The minimum atomic E-state index is 0.374. The average molecular weight is 236 g/mol. The van der Waals surface area contributed by atoms with E-state index in [4.69, 9.17) is 11.6 Å². The number of halogens is 1. The molecule has 0 unspecified atom stereocenters. The molecule has 84 valence electrons. The van der Waals surface area contributed by atoms with Gasteiger partial charge in [0.05, 0.1) is 0 Å². The standard InChI is InChI=1S/C12H14ClN3/c1-8(2)16(3)12-10-7-5-4-6-9(10)11(13)14-15-12/h4-8H,1-3H3. The van der Waals surface area contributed by atoms with Gasteiger partial charge in [0.25, 0.3) is 0 Å². The van der Waals surface area contributed by atoms with Crippen LogP contribution in [0.5, 0.6) is 0 Å². The third-order valence-corrected chi connectivity index (χ3v) is 3.01. The van der Waals surface area contributed by atoms with Crippen LogP contribution in [0.4, 0.5) is 5.82 Å². The highest BCUT2D eigenvalue weighted by Crippen LogP contribution is 2.28. The number of anilines is 1. The van der Waals surface area contributed by atoms with Gasteiger partial charge in [0.1, 0.15) is 0 Å². The Labute approximate surface area is 100 Å². The van der Waals surface area contributed by atoms with Crippen molar-refractivity contribution < 1.29 is 0 Å². The van der Waals surface area contributed by atoms with Crippen LogP contribution in [0.3, 0.4) is 0 Å². The molecule has 0 fully saturated rings. The van der Waals surface area contributed by atoms with Gasteiger partial charge < -0.3 is 4.90 Å². The van der Waals surface area contributed by atoms with Crippen molar-refractivity contribution in [3.05, 3.63) is 29.4 Å². The number of fused-ring (bicyclic) bond motifs is 1. The lowest BCUT2D eigenvalue weighted by Gasteiger charge is -2.23. The van der Waals surface area contributed by atoms with Gasteiger partial charge in [-0.05, 0) is 13.8 Å². The number of rotatable bonds is 2. The number of hydrogen-bond acceptors (Lipinski definition) is 3. The highest BCUT2D eigenvalue weighted by atomic mass is 35.5. The Morgan fingerprint density at radius 1 is 1.12 bits per heavy atom. The Morgan fingerprint density at radius 3 is 2.38 bits per heavy atom. The van der Waals surface area contributed by atoms with Crippen LogP contribution in [0.15, 0.2) is 24.3 Å². The lowest BCUT2D eigenvalue weighted by molar-refractivity contribution is 0.738. The molecule has 0 aliphatic carbocycles. The Bertz CT molecular complexity index is 511. The smallest absolute Gasteiger partial charge is 0.159 e. The summed E-state index contributed by atoms with van der Waals surface area (Å²) in [7, 11) is 2.01. The van der Waals surface area contributed by atoms with E-state index in [9.17, 15) is 0 Å². The normalized spacial score (nSPS) is 11.1. The molecule has 0 radical (unpaired) electrons. The maximum atomic E-state index is 6.02. The van der Waals surface area contributed by atoms with E-state index in [1.165, 1.54) is 0 Å². The van der Waals surface area contributed by atoms with E-state index in [2.05, 4.69) is 28.9 Å². The first kappa shape index (κ1) is 11.1. The minimum absolute atomic E-state index is 0.374. The van der Waals surface area contributed by atoms with E-state index in [-0.39, 0.29) is 0 Å². The van der Waals surface area contributed by atoms with Crippen molar-refractivity contribution in [2.45, 2.75) is 19.9 Å². The van der Waals surface area contributed by atoms with Crippen molar-refractivity contribution in [3.63, 3.8) is 0 Å². The van der Waals surface area contributed by atoms with Gasteiger partial charge in [0.2, 0.25) is 0 Å². The summed E-state index contributed by atoms with van der Waals surface area (Å²) in [5.74, 6) is 0.870. The molecule has 1 aromatic carbocycles. The highest BCUT2D eigenvalue weighted by molar-refractivity contribution is 6.34. The second kappa shape index (κ2) is 4.26. The van der Waals surface area contributed by atoms with Gasteiger partial charge in [-0.3, -0.25) is 0 Å². The molecule has 0 amide bonds. The molecule has 1 heterocycles. The molecule has 1 aromatic heterocycles. The SMILES string of the molecule is CC(C)N(C)c1nnc(Cl)c2ccccc12. The van der Waals surface area contributed by atoms with Gasteiger partial charge in [-0.1, -0.05) is 35.9 Å². The molecule has 0 bridgehead atoms. The number of nitrogens with zero attached hydrogens (tertiary/aromatic N) is 3. The number of aromatic nitrogens is 2. The molecule has 0 atom stereocenters. The van der Waals surface area contributed by atoms with Crippen molar-refractivity contribution in [2.24, 2.45) is 0 Å². The second-order valence-corrected chi connectivity index (χ2v) is 4.42. The minimum Gasteiger partial charge on any atom is -0.355 e. The first-order valence-corrected chi connectivity index (χ1v) is 5.63. The summed E-state index contributed by atoms with van der Waals surface area (Å²) in [5.41, 5.74) is 0. The lowest BCUT2D eigenvalue weighted by atomic mass is 10.2. The Morgan fingerprint density at radius 2 is 1.75 bits per heavy atom. The van der Waals surface area contributed by atoms with Crippen LogP contribution in [0.2, 0.25) is 5.15 Å². The van der Waals surface area contributed by atoms with Gasteiger partial charge in [-0.25, -0.2) is 0 Å². The van der Waals surface area contributed by atoms with Crippen LogP contribution in [0.1, 0.15) is 13.8 Å². The van der Waals surface area contributed by atoms with Crippen molar-refractivity contribution in [3.8, 4) is 0 Å². The summed E-state index contributed by atoms with van der Waals surface area (Å²) in [6.45, 7) is 4.23. The average Bonchev–Trinajstić information content (AvgIpc) is 2.29. The Kier molecular flexibility index (Phi) is 2.97. The third-order valence-electron chi connectivity index (χ3n) is 2.73. The maximum Gasteiger partial charge on any atom is 0.159 e. The van der Waals surface area contributed by atoms with Gasteiger partial charge in [0, 0.05) is 23.9 Å². The van der Waals surface area contributed by atoms with Crippen LogP contribution in [0, 0.1) is 0 Å². The number of hydrogen-bond donors (Lipinski definition) is 0. The largest absolute Gasteiger partial charge is 0.355 e. The predicted molar refractivity (Wildman–Crippen MR) is 68.1 cm³/mol. The van der Waals surface area contributed by atoms with Crippen molar-refractivity contribution >= 4 is 28.2 Å². The van der Waals surface area contributed by atoms with Crippen LogP contribution in [-0.2, 0) is 0 Å². The molecular weight excluding hydrogens is 222 g/mol. The van der Waals surface area contributed by atoms with Crippen LogP contribution < -0.4 is 4.90 Å². The van der Waals surface area contributed by atoms with Gasteiger partial charge in [0.15, 0.2) is 11.0 Å². The summed E-state index contributed by atoms with van der Waals surface area (Å²) in [5, 5.41) is 10.6. The summed E-state index contributed by atoms with van der Waals surface area (Å²) in [4.78, 5) is 2.09. The van der Waals surface area contributed by atoms with E-state index < -0.39 is 0 Å². The molecule has 3 nitrogen and oxygen atoms in total. The zero-order valence-electron chi connectivity index (χ0n) is 9.61. The molecule has 0 aliphatic heterocycles. The molecule has 0 saturated heterocycles. The second-order valence-electron chi connectivity index (χ2n) is 4.06. The van der Waals surface area contributed by atoms with Crippen molar-refractivity contribution in [1.82, 2.24) is 10.2 Å². The molecule has 4 heteroatoms. The summed E-state index contributed by atoms with van der Waals surface area (Å²) in [6.07, 6.45) is 0. The molecule has 0 N–H and O–H groups in total. The summed E-state index contributed by atoms with van der Waals surface area (Å²) in [6, 6.07) is 8.29. The molecule has 16 heavy (non-hydrogen) atoms. The molecular formula is C12H14ClN3. The topological polar surface area (TPSA) is 29.0 Å². The van der Waals surface area contributed by atoms with Crippen LogP contribution in [-0.4, -0.2) is 23.3 Å². The molecule has 0 saturated carbocycles. The quantitative estimate of drug-likeness (QED) is 0.801. The maximum absolute atomic E-state index is 6.02. The van der Waals surface area contributed by atoms with Gasteiger partial charge in [-0.2, -0.15) is 0 Å². The van der Waals surface area contributed by atoms with E-state index in [1.807, 2.05) is 31.3 Å². The fourth-order valence-corrected chi connectivity index (χ4v) is 1.76. The Balaban J connectivity index is 2.67.